The summed E-state index contributed by atoms with van der Waals surface area (Å²) in [5.41, 5.74) is -0.649. The summed E-state index contributed by atoms with van der Waals surface area (Å²) in [7, 11) is -1.59. The number of ether oxygens (including phenoxy) is 3. The minimum Gasteiger partial charge on any atom is -0.382 e. The van der Waals surface area contributed by atoms with Gasteiger partial charge in [0.25, 0.3) is 0 Å². The highest BCUT2D eigenvalue weighted by Gasteiger charge is 2.25. The molecule has 0 rings (SSSR count). The molecule has 116 valence electrons. The first kappa shape index (κ1) is 19.1. The molecule has 0 heterocycles. The molecule has 19 heavy (non-hydrogen) atoms. The van der Waals surface area contributed by atoms with Crippen molar-refractivity contribution in [2.75, 3.05) is 51.6 Å². The molecule has 0 saturated heterocycles. The van der Waals surface area contributed by atoms with Crippen molar-refractivity contribution in [1.29, 1.82) is 0 Å². The van der Waals surface area contributed by atoms with Gasteiger partial charge in [0.15, 0.2) is 9.84 Å². The largest absolute Gasteiger partial charge is 0.382 e. The van der Waals surface area contributed by atoms with Gasteiger partial charge in [-0.15, -0.1) is 0 Å². The Kier molecular flexibility index (Phi) is 9.94. The lowest BCUT2D eigenvalue weighted by atomic mass is 10.1. The minimum atomic E-state index is -3.19. The van der Waals surface area contributed by atoms with Crippen LogP contribution in [0, 0.1) is 0 Å². The van der Waals surface area contributed by atoms with Crippen molar-refractivity contribution < 1.29 is 22.6 Å². The first-order valence-electron chi connectivity index (χ1n) is 6.05. The monoisotopic (exact) mass is 317 g/mol. The number of methoxy groups -OCH3 is 1. The Bertz CT molecular complexity index is 321. The maximum absolute atomic E-state index is 11.8. The summed E-state index contributed by atoms with van der Waals surface area (Å²) < 4.78 is 38.7. The van der Waals surface area contributed by atoms with Crippen LogP contribution in [-0.2, 0) is 24.0 Å². The summed E-state index contributed by atoms with van der Waals surface area (Å²) in [5.74, 6) is -0.0513. The van der Waals surface area contributed by atoms with Gasteiger partial charge in [-0.1, -0.05) is 0 Å². The molecule has 6 nitrogen and oxygen atoms in total. The highest BCUT2D eigenvalue weighted by atomic mass is 35.5. The Morgan fingerprint density at radius 1 is 1.05 bits per heavy atom. The molecule has 0 spiro atoms. The summed E-state index contributed by atoms with van der Waals surface area (Å²) >= 11 is 5.47. The molecule has 0 bridgehead atoms. The maximum atomic E-state index is 11.8. The fraction of sp³-hybridized carbons (Fsp3) is 1.00. The summed E-state index contributed by atoms with van der Waals surface area (Å²) in [5, 5.41) is 0. The smallest absolute Gasteiger partial charge is 0.154 e. The number of hydrogen-bond acceptors (Lipinski definition) is 6. The van der Waals surface area contributed by atoms with Gasteiger partial charge in [0.05, 0.1) is 44.5 Å². The van der Waals surface area contributed by atoms with E-state index in [1.54, 1.807) is 21.0 Å². The second kappa shape index (κ2) is 9.90. The highest BCUT2D eigenvalue weighted by Crippen LogP contribution is 2.08. The standard InChI is InChI=1S/C11H24ClNO5S/c1-11(2,13-12)10-19(14,15)9-8-18-7-6-17-5-4-16-3/h13H,4-10H2,1-3H3. The lowest BCUT2D eigenvalue weighted by Gasteiger charge is -2.21. The van der Waals surface area contributed by atoms with Crippen LogP contribution in [0.4, 0.5) is 0 Å². The summed E-state index contributed by atoms with van der Waals surface area (Å²) in [4.78, 5) is 2.45. The number of nitrogens with one attached hydrogen (secondary N) is 1. The zero-order valence-electron chi connectivity index (χ0n) is 11.8. The van der Waals surface area contributed by atoms with Crippen LogP contribution < -0.4 is 4.84 Å². The topological polar surface area (TPSA) is 73.9 Å². The van der Waals surface area contributed by atoms with Crippen molar-refractivity contribution in [2.45, 2.75) is 19.4 Å². The maximum Gasteiger partial charge on any atom is 0.154 e. The fourth-order valence-electron chi connectivity index (χ4n) is 1.30. The Hall–Kier alpha value is 0.0800. The van der Waals surface area contributed by atoms with E-state index < -0.39 is 15.4 Å². The molecular weight excluding hydrogens is 294 g/mol. The quantitative estimate of drug-likeness (QED) is 0.420. The fourth-order valence-corrected chi connectivity index (χ4v) is 3.13. The van der Waals surface area contributed by atoms with Crippen molar-refractivity contribution in [3.8, 4) is 0 Å². The molecule has 0 fully saturated rings. The van der Waals surface area contributed by atoms with E-state index >= 15 is 0 Å². The van der Waals surface area contributed by atoms with Gasteiger partial charge in [-0.2, -0.15) is 0 Å². The van der Waals surface area contributed by atoms with Gasteiger partial charge in [0, 0.05) is 12.6 Å². The van der Waals surface area contributed by atoms with E-state index in [-0.39, 0.29) is 18.1 Å². The van der Waals surface area contributed by atoms with Crippen LogP contribution in [0.1, 0.15) is 13.8 Å². The molecule has 0 amide bonds. The molecule has 8 heteroatoms. The lowest BCUT2D eigenvalue weighted by molar-refractivity contribution is 0.0284. The first-order valence-corrected chi connectivity index (χ1v) is 8.25. The normalized spacial score (nSPS) is 12.8. The SMILES string of the molecule is COCCOCCOCCS(=O)(=O)CC(C)(C)NCl. The number of halogens is 1. The molecule has 0 atom stereocenters. The van der Waals surface area contributed by atoms with Crippen molar-refractivity contribution in [3.05, 3.63) is 0 Å². The van der Waals surface area contributed by atoms with Crippen LogP contribution in [0.15, 0.2) is 0 Å². The molecule has 0 unspecified atom stereocenters. The third-order valence-corrected chi connectivity index (χ3v) is 4.64. The molecule has 0 aromatic heterocycles. The van der Waals surface area contributed by atoms with Crippen LogP contribution in [0.2, 0.25) is 0 Å². The highest BCUT2D eigenvalue weighted by molar-refractivity contribution is 7.91. The average molecular weight is 318 g/mol. The number of hydrogen-bond donors (Lipinski definition) is 1. The second-order valence-electron chi connectivity index (χ2n) is 4.79. The van der Waals surface area contributed by atoms with Crippen LogP contribution >= 0.6 is 11.8 Å². The Labute approximate surface area is 120 Å². The lowest BCUT2D eigenvalue weighted by Crippen LogP contribution is -2.41. The minimum absolute atomic E-state index is 0.0208. The van der Waals surface area contributed by atoms with Gasteiger partial charge < -0.3 is 14.2 Å². The van der Waals surface area contributed by atoms with Gasteiger partial charge >= 0.3 is 0 Å². The van der Waals surface area contributed by atoms with Gasteiger partial charge in [-0.3, -0.25) is 0 Å². The van der Waals surface area contributed by atoms with Crippen LogP contribution in [0.5, 0.6) is 0 Å². The molecule has 0 aliphatic heterocycles. The molecular formula is C11H24ClNO5S. The van der Waals surface area contributed by atoms with Crippen molar-refractivity contribution >= 4 is 21.6 Å². The zero-order chi connectivity index (χ0) is 14.8. The Balaban J connectivity index is 3.65. The van der Waals surface area contributed by atoms with Gasteiger partial charge in [0.2, 0.25) is 0 Å². The molecule has 1 N–H and O–H groups in total. The third kappa shape index (κ3) is 11.6. The van der Waals surface area contributed by atoms with Gasteiger partial charge in [-0.25, -0.2) is 13.3 Å². The van der Waals surface area contributed by atoms with E-state index in [1.807, 2.05) is 0 Å². The molecule has 0 radical (unpaired) electrons. The molecule has 0 aliphatic rings. The van der Waals surface area contributed by atoms with Crippen LogP contribution in [0.25, 0.3) is 0 Å². The van der Waals surface area contributed by atoms with Gasteiger partial charge in [-0.05, 0) is 25.6 Å². The van der Waals surface area contributed by atoms with E-state index in [4.69, 9.17) is 26.0 Å². The van der Waals surface area contributed by atoms with E-state index in [9.17, 15) is 8.42 Å². The van der Waals surface area contributed by atoms with Crippen molar-refractivity contribution in [3.63, 3.8) is 0 Å². The Morgan fingerprint density at radius 2 is 1.58 bits per heavy atom. The van der Waals surface area contributed by atoms with E-state index in [0.717, 1.165) is 0 Å². The van der Waals surface area contributed by atoms with Crippen LogP contribution in [0.3, 0.4) is 0 Å². The Morgan fingerprint density at radius 3 is 2.11 bits per heavy atom. The van der Waals surface area contributed by atoms with E-state index in [2.05, 4.69) is 4.84 Å². The summed E-state index contributed by atoms with van der Waals surface area (Å²) in [6.07, 6.45) is 0. The number of sulfone groups is 1. The first-order chi connectivity index (χ1) is 8.83. The number of rotatable bonds is 12. The average Bonchev–Trinajstić information content (AvgIpc) is 2.31. The predicted octanol–water partition coefficient (Wildman–Crippen LogP) is 0.603. The second-order valence-corrected chi connectivity index (χ2v) is 7.16. The molecule has 0 saturated carbocycles. The van der Waals surface area contributed by atoms with Crippen molar-refractivity contribution in [2.24, 2.45) is 0 Å². The third-order valence-electron chi connectivity index (χ3n) is 2.18. The molecule has 0 aliphatic carbocycles. The molecule has 0 aromatic carbocycles. The van der Waals surface area contributed by atoms with Crippen LogP contribution in [-0.4, -0.2) is 65.6 Å². The van der Waals surface area contributed by atoms with Gasteiger partial charge in [0.1, 0.15) is 0 Å². The van der Waals surface area contributed by atoms with Crippen molar-refractivity contribution in [1.82, 2.24) is 4.84 Å². The molecule has 0 aromatic rings. The predicted molar refractivity (Wildman–Crippen MR) is 75.2 cm³/mol. The summed E-state index contributed by atoms with van der Waals surface area (Å²) in [6, 6.07) is 0. The zero-order valence-corrected chi connectivity index (χ0v) is 13.3. The summed E-state index contributed by atoms with van der Waals surface area (Å²) in [6.45, 7) is 5.45. The van der Waals surface area contributed by atoms with E-state index in [1.165, 1.54) is 0 Å². The van der Waals surface area contributed by atoms with E-state index in [0.29, 0.717) is 26.4 Å².